The number of rotatable bonds is 1. The van der Waals surface area contributed by atoms with Gasteiger partial charge in [-0.15, -0.1) is 0 Å². The van der Waals surface area contributed by atoms with Crippen molar-refractivity contribution in [2.45, 2.75) is 6.10 Å². The van der Waals surface area contributed by atoms with Crippen LogP contribution < -0.4 is 0 Å². The summed E-state index contributed by atoms with van der Waals surface area (Å²) in [7, 11) is 0. The summed E-state index contributed by atoms with van der Waals surface area (Å²) in [6.07, 6.45) is -0.393. The SMILES string of the molecule is O=S1OC[C@@H](CO)O1. The van der Waals surface area contributed by atoms with Crippen LogP contribution in [-0.4, -0.2) is 28.6 Å². The maximum absolute atomic E-state index is 10.2. The molecule has 1 aliphatic rings. The lowest BCUT2D eigenvalue weighted by Crippen LogP contribution is -2.13. The molecular formula is C3H6O4S. The van der Waals surface area contributed by atoms with Crippen molar-refractivity contribution in [3.63, 3.8) is 0 Å². The van der Waals surface area contributed by atoms with Crippen LogP contribution in [0.3, 0.4) is 0 Å². The number of aliphatic hydroxyl groups excluding tert-OH is 1. The van der Waals surface area contributed by atoms with Gasteiger partial charge in [-0.05, 0) is 0 Å². The largest absolute Gasteiger partial charge is 0.394 e. The third kappa shape index (κ3) is 1.25. The van der Waals surface area contributed by atoms with Gasteiger partial charge in [-0.1, -0.05) is 0 Å². The predicted octanol–water partition coefficient (Wildman–Crippen LogP) is -1.03. The highest BCUT2D eigenvalue weighted by Gasteiger charge is 2.21. The molecule has 0 aromatic rings. The van der Waals surface area contributed by atoms with Crippen LogP contribution in [0.4, 0.5) is 0 Å². The van der Waals surface area contributed by atoms with E-state index >= 15 is 0 Å². The van der Waals surface area contributed by atoms with E-state index in [4.69, 9.17) is 5.11 Å². The topological polar surface area (TPSA) is 55.8 Å². The minimum absolute atomic E-state index is 0.133. The molecule has 4 nitrogen and oxygen atoms in total. The summed E-state index contributed by atoms with van der Waals surface area (Å²) < 4.78 is 19.1. The fourth-order valence-corrected chi connectivity index (χ4v) is 1.04. The molecule has 0 bridgehead atoms. The second-order valence-corrected chi connectivity index (χ2v) is 2.23. The van der Waals surface area contributed by atoms with Crippen LogP contribution in [0.15, 0.2) is 0 Å². The molecule has 1 aliphatic heterocycles. The smallest absolute Gasteiger partial charge is 0.305 e. The van der Waals surface area contributed by atoms with Gasteiger partial charge in [-0.3, -0.25) is 8.37 Å². The molecule has 5 heteroatoms. The van der Waals surface area contributed by atoms with Crippen LogP contribution in [0.5, 0.6) is 0 Å². The summed E-state index contributed by atoms with van der Waals surface area (Å²) in [6.45, 7) is 0.0921. The van der Waals surface area contributed by atoms with E-state index in [1.165, 1.54) is 0 Å². The van der Waals surface area contributed by atoms with Gasteiger partial charge in [-0.25, -0.2) is 0 Å². The van der Waals surface area contributed by atoms with Gasteiger partial charge in [0.25, 0.3) is 0 Å². The average Bonchev–Trinajstić information content (AvgIpc) is 2.14. The lowest BCUT2D eigenvalue weighted by molar-refractivity contribution is 0.137. The molecule has 0 aromatic carbocycles. The first-order valence-electron chi connectivity index (χ1n) is 2.16. The Morgan fingerprint density at radius 2 is 2.62 bits per heavy atom. The molecule has 48 valence electrons. The predicted molar refractivity (Wildman–Crippen MR) is 26.1 cm³/mol. The van der Waals surface area contributed by atoms with E-state index < -0.39 is 17.5 Å². The molecule has 0 radical (unpaired) electrons. The van der Waals surface area contributed by atoms with E-state index in [-0.39, 0.29) is 13.2 Å². The van der Waals surface area contributed by atoms with Crippen LogP contribution in [0, 0.1) is 0 Å². The third-order valence-corrected chi connectivity index (χ3v) is 1.53. The first kappa shape index (κ1) is 6.15. The van der Waals surface area contributed by atoms with Crippen molar-refractivity contribution in [2.75, 3.05) is 13.2 Å². The highest BCUT2D eigenvalue weighted by atomic mass is 32.2. The molecule has 2 atom stereocenters. The molecule has 8 heavy (non-hydrogen) atoms. The Morgan fingerprint density at radius 1 is 1.88 bits per heavy atom. The van der Waals surface area contributed by atoms with E-state index in [0.29, 0.717) is 0 Å². The van der Waals surface area contributed by atoms with Crippen molar-refractivity contribution in [1.82, 2.24) is 0 Å². The molecule has 0 saturated carbocycles. The molecule has 0 aliphatic carbocycles. The maximum atomic E-state index is 10.2. The highest BCUT2D eigenvalue weighted by Crippen LogP contribution is 2.06. The standard InChI is InChI=1S/C3H6O4S/c4-1-3-2-6-8(5)7-3/h3-4H,1-2H2/t3-,8?/m1/s1. The van der Waals surface area contributed by atoms with Crippen LogP contribution >= 0.6 is 0 Å². The van der Waals surface area contributed by atoms with Crippen LogP contribution in [0.1, 0.15) is 0 Å². The van der Waals surface area contributed by atoms with E-state index in [2.05, 4.69) is 8.37 Å². The minimum atomic E-state index is -1.61. The second-order valence-electron chi connectivity index (χ2n) is 1.39. The fraction of sp³-hybridized carbons (Fsp3) is 1.00. The van der Waals surface area contributed by atoms with Crippen LogP contribution in [-0.2, 0) is 19.7 Å². The Labute approximate surface area is 49.3 Å². The Hall–Kier alpha value is 0.0300. The van der Waals surface area contributed by atoms with Gasteiger partial charge in [0.1, 0.15) is 6.10 Å². The third-order valence-electron chi connectivity index (χ3n) is 0.768. The summed E-state index contributed by atoms with van der Waals surface area (Å²) in [6, 6.07) is 0. The van der Waals surface area contributed by atoms with E-state index in [9.17, 15) is 4.21 Å². The molecule has 1 fully saturated rings. The zero-order chi connectivity index (χ0) is 5.98. The van der Waals surface area contributed by atoms with Gasteiger partial charge >= 0.3 is 11.4 Å². The lowest BCUT2D eigenvalue weighted by Gasteiger charge is -1.95. The van der Waals surface area contributed by atoms with Crippen LogP contribution in [0.2, 0.25) is 0 Å². The first-order chi connectivity index (χ1) is 3.83. The summed E-state index contributed by atoms with van der Waals surface area (Å²) in [5.41, 5.74) is 0. The van der Waals surface area contributed by atoms with Gasteiger partial charge in [0, 0.05) is 0 Å². The Balaban J connectivity index is 2.32. The van der Waals surface area contributed by atoms with Crippen molar-refractivity contribution in [3.8, 4) is 0 Å². The second kappa shape index (κ2) is 2.54. The Bertz CT molecular complexity index is 103. The van der Waals surface area contributed by atoms with Crippen molar-refractivity contribution in [2.24, 2.45) is 0 Å². The van der Waals surface area contributed by atoms with Gasteiger partial charge < -0.3 is 5.11 Å². The quantitative estimate of drug-likeness (QED) is 0.503. The zero-order valence-electron chi connectivity index (χ0n) is 4.07. The zero-order valence-corrected chi connectivity index (χ0v) is 4.89. The molecule has 0 aromatic heterocycles. The molecule has 1 saturated heterocycles. The summed E-state index contributed by atoms with van der Waals surface area (Å²) >= 11 is -1.61. The van der Waals surface area contributed by atoms with Crippen molar-refractivity contribution < 1.29 is 17.7 Å². The minimum Gasteiger partial charge on any atom is -0.394 e. The number of hydrogen-bond donors (Lipinski definition) is 1. The van der Waals surface area contributed by atoms with Gasteiger partial charge in [0.05, 0.1) is 13.2 Å². The summed E-state index contributed by atoms with van der Waals surface area (Å²) in [4.78, 5) is 0. The molecule has 0 amide bonds. The fourth-order valence-electron chi connectivity index (χ4n) is 0.381. The maximum Gasteiger partial charge on any atom is 0.305 e. The molecule has 0 spiro atoms. The molecule has 1 rings (SSSR count). The first-order valence-corrected chi connectivity index (χ1v) is 3.16. The van der Waals surface area contributed by atoms with Gasteiger partial charge in [0.15, 0.2) is 0 Å². The van der Waals surface area contributed by atoms with Gasteiger partial charge in [0.2, 0.25) is 0 Å². The summed E-state index contributed by atoms with van der Waals surface area (Å²) in [5, 5.41) is 8.34. The van der Waals surface area contributed by atoms with Crippen molar-refractivity contribution >= 4 is 11.4 Å². The highest BCUT2D eigenvalue weighted by molar-refractivity contribution is 7.75. The van der Waals surface area contributed by atoms with E-state index in [1.807, 2.05) is 0 Å². The van der Waals surface area contributed by atoms with E-state index in [0.717, 1.165) is 0 Å². The molecule has 1 N–H and O–H groups in total. The molecule has 1 heterocycles. The Kier molecular flexibility index (Phi) is 1.95. The van der Waals surface area contributed by atoms with Crippen LogP contribution in [0.25, 0.3) is 0 Å². The van der Waals surface area contributed by atoms with Crippen molar-refractivity contribution in [3.05, 3.63) is 0 Å². The number of aliphatic hydroxyl groups is 1. The molecule has 1 unspecified atom stereocenters. The van der Waals surface area contributed by atoms with Crippen molar-refractivity contribution in [1.29, 1.82) is 0 Å². The average molecular weight is 138 g/mol. The normalized spacial score (nSPS) is 38.1. The number of hydrogen-bond acceptors (Lipinski definition) is 4. The summed E-state index contributed by atoms with van der Waals surface area (Å²) in [5.74, 6) is 0. The van der Waals surface area contributed by atoms with E-state index in [1.54, 1.807) is 0 Å². The monoisotopic (exact) mass is 138 g/mol. The lowest BCUT2D eigenvalue weighted by atomic mass is 10.4. The Morgan fingerprint density at radius 3 is 2.88 bits per heavy atom. The molecular weight excluding hydrogens is 132 g/mol. The van der Waals surface area contributed by atoms with Gasteiger partial charge in [-0.2, -0.15) is 4.21 Å².